The number of esters is 1. The molecular weight excluding hydrogens is 450 g/mol. The number of hydrogen-bond acceptors (Lipinski definition) is 7. The molecule has 0 atom stereocenters. The number of thiazole rings is 1. The van der Waals surface area contributed by atoms with Crippen LogP contribution in [0, 0.1) is 11.3 Å². The number of carbonyl (C=O) groups excluding carboxylic acids is 2. The molecular formula is C26H19N3O4S. The molecule has 1 N–H and O–H groups in total. The minimum Gasteiger partial charge on any atom is -0.482 e. The van der Waals surface area contributed by atoms with Crippen LogP contribution in [0.5, 0.6) is 5.75 Å². The maximum atomic E-state index is 12.1. The van der Waals surface area contributed by atoms with Gasteiger partial charge in [-0.1, -0.05) is 54.6 Å². The van der Waals surface area contributed by atoms with Crippen molar-refractivity contribution in [2.45, 2.75) is 0 Å². The van der Waals surface area contributed by atoms with E-state index in [-0.39, 0.29) is 6.61 Å². The summed E-state index contributed by atoms with van der Waals surface area (Å²) in [6.07, 6.45) is 0. The molecule has 0 aliphatic rings. The number of hydrogen-bond donors (Lipinski definition) is 1. The van der Waals surface area contributed by atoms with Crippen molar-refractivity contribution in [2.75, 3.05) is 18.5 Å². The zero-order chi connectivity index (χ0) is 23.8. The number of amides is 1. The monoisotopic (exact) mass is 469 g/mol. The predicted molar refractivity (Wildman–Crippen MR) is 129 cm³/mol. The van der Waals surface area contributed by atoms with Crippen LogP contribution < -0.4 is 10.1 Å². The van der Waals surface area contributed by atoms with Crippen LogP contribution in [-0.4, -0.2) is 30.1 Å². The van der Waals surface area contributed by atoms with Crippen molar-refractivity contribution < 1.29 is 19.1 Å². The molecule has 0 saturated heterocycles. The first-order valence-electron chi connectivity index (χ1n) is 10.3. The minimum atomic E-state index is -0.683. The minimum absolute atomic E-state index is 0.348. The fraction of sp³-hybridized carbons (Fsp3) is 0.0769. The summed E-state index contributed by atoms with van der Waals surface area (Å²) < 4.78 is 10.2. The Morgan fingerprint density at radius 3 is 2.26 bits per heavy atom. The molecule has 0 spiro atoms. The number of aromatic nitrogens is 1. The standard InChI is InChI=1S/C26H19N3O4S/c27-14-18-6-12-22(13-7-18)32-16-25(31)33-15-24(30)29-26-28-23(17-34-26)21-10-8-20(9-11-21)19-4-2-1-3-5-19/h1-13,17H,15-16H2,(H,28,29,30). The average molecular weight is 470 g/mol. The summed E-state index contributed by atoms with van der Waals surface area (Å²) in [7, 11) is 0. The molecule has 168 valence electrons. The van der Waals surface area contributed by atoms with Gasteiger partial charge < -0.3 is 9.47 Å². The van der Waals surface area contributed by atoms with Gasteiger partial charge in [-0.25, -0.2) is 9.78 Å². The Labute approximate surface area is 200 Å². The summed E-state index contributed by atoms with van der Waals surface area (Å²) in [6.45, 7) is -0.796. The van der Waals surface area contributed by atoms with Gasteiger partial charge in [0.2, 0.25) is 0 Å². The van der Waals surface area contributed by atoms with Crippen molar-refractivity contribution in [1.29, 1.82) is 5.26 Å². The lowest BCUT2D eigenvalue weighted by Crippen LogP contribution is -2.23. The zero-order valence-electron chi connectivity index (χ0n) is 17.9. The molecule has 4 rings (SSSR count). The van der Waals surface area contributed by atoms with E-state index in [1.54, 1.807) is 24.3 Å². The van der Waals surface area contributed by atoms with Gasteiger partial charge in [-0.05, 0) is 35.4 Å². The summed E-state index contributed by atoms with van der Waals surface area (Å²) in [4.78, 5) is 28.4. The van der Waals surface area contributed by atoms with Crippen LogP contribution in [0.25, 0.3) is 22.4 Å². The second-order valence-corrected chi connectivity index (χ2v) is 7.97. The topological polar surface area (TPSA) is 101 Å². The fourth-order valence-electron chi connectivity index (χ4n) is 3.04. The second kappa shape index (κ2) is 10.9. The molecule has 0 aliphatic carbocycles. The highest BCUT2D eigenvalue weighted by atomic mass is 32.1. The van der Waals surface area contributed by atoms with E-state index in [4.69, 9.17) is 14.7 Å². The molecule has 0 radical (unpaired) electrons. The first-order valence-corrected chi connectivity index (χ1v) is 11.2. The van der Waals surface area contributed by atoms with Crippen molar-refractivity contribution in [3.8, 4) is 34.2 Å². The lowest BCUT2D eigenvalue weighted by Gasteiger charge is -2.07. The van der Waals surface area contributed by atoms with Crippen LogP contribution in [0.4, 0.5) is 5.13 Å². The molecule has 8 heteroatoms. The van der Waals surface area contributed by atoms with Gasteiger partial charge in [0.15, 0.2) is 18.3 Å². The smallest absolute Gasteiger partial charge is 0.344 e. The number of benzene rings is 3. The molecule has 34 heavy (non-hydrogen) atoms. The van der Waals surface area contributed by atoms with E-state index < -0.39 is 18.5 Å². The van der Waals surface area contributed by atoms with Crippen LogP contribution in [0.2, 0.25) is 0 Å². The molecule has 0 unspecified atom stereocenters. The Balaban J connectivity index is 1.24. The van der Waals surface area contributed by atoms with E-state index in [9.17, 15) is 9.59 Å². The van der Waals surface area contributed by atoms with Crippen molar-refractivity contribution >= 4 is 28.3 Å². The van der Waals surface area contributed by atoms with E-state index in [1.807, 2.05) is 53.9 Å². The number of nitrogens with one attached hydrogen (secondary N) is 1. The van der Waals surface area contributed by atoms with Crippen molar-refractivity contribution in [3.63, 3.8) is 0 Å². The lowest BCUT2D eigenvalue weighted by molar-refractivity contribution is -0.149. The van der Waals surface area contributed by atoms with Crippen LogP contribution in [-0.2, 0) is 14.3 Å². The first kappa shape index (κ1) is 22.7. The second-order valence-electron chi connectivity index (χ2n) is 7.11. The molecule has 1 amide bonds. The van der Waals surface area contributed by atoms with Crippen LogP contribution in [0.1, 0.15) is 5.56 Å². The van der Waals surface area contributed by atoms with Gasteiger partial charge in [0.1, 0.15) is 5.75 Å². The van der Waals surface area contributed by atoms with Crippen molar-refractivity contribution in [3.05, 3.63) is 89.8 Å². The number of ether oxygens (including phenoxy) is 2. The van der Waals surface area contributed by atoms with Gasteiger partial charge in [0.25, 0.3) is 5.91 Å². The molecule has 1 aromatic heterocycles. The quantitative estimate of drug-likeness (QED) is 0.368. The van der Waals surface area contributed by atoms with Crippen LogP contribution in [0.3, 0.4) is 0 Å². The molecule has 1 heterocycles. The van der Waals surface area contributed by atoms with Gasteiger partial charge in [0, 0.05) is 10.9 Å². The number of rotatable bonds is 8. The molecule has 0 bridgehead atoms. The highest BCUT2D eigenvalue weighted by molar-refractivity contribution is 7.14. The molecule has 7 nitrogen and oxygen atoms in total. The van der Waals surface area contributed by atoms with Crippen molar-refractivity contribution in [1.82, 2.24) is 4.98 Å². The summed E-state index contributed by atoms with van der Waals surface area (Å²) in [5.41, 5.74) is 4.41. The number of carbonyl (C=O) groups is 2. The Bertz CT molecular complexity index is 1310. The highest BCUT2D eigenvalue weighted by Crippen LogP contribution is 2.27. The van der Waals surface area contributed by atoms with E-state index in [0.717, 1.165) is 22.4 Å². The molecule has 0 fully saturated rings. The Morgan fingerprint density at radius 2 is 1.56 bits per heavy atom. The number of nitrogens with zero attached hydrogens (tertiary/aromatic N) is 2. The van der Waals surface area contributed by atoms with Crippen LogP contribution >= 0.6 is 11.3 Å². The fourth-order valence-corrected chi connectivity index (χ4v) is 3.77. The van der Waals surface area contributed by atoms with Gasteiger partial charge in [-0.15, -0.1) is 11.3 Å². The third-order valence-electron chi connectivity index (χ3n) is 4.74. The Morgan fingerprint density at radius 1 is 0.882 bits per heavy atom. The van der Waals surface area contributed by atoms with E-state index in [2.05, 4.69) is 22.4 Å². The third-order valence-corrected chi connectivity index (χ3v) is 5.50. The zero-order valence-corrected chi connectivity index (χ0v) is 18.7. The number of nitriles is 1. The Kier molecular flexibility index (Phi) is 7.28. The van der Waals surface area contributed by atoms with Crippen LogP contribution in [0.15, 0.2) is 84.2 Å². The summed E-state index contributed by atoms with van der Waals surface area (Å²) in [5.74, 6) is -0.752. The van der Waals surface area contributed by atoms with Gasteiger partial charge in [-0.3, -0.25) is 10.1 Å². The first-order chi connectivity index (χ1) is 16.6. The average Bonchev–Trinajstić information content (AvgIpc) is 3.35. The molecule has 0 saturated carbocycles. The van der Waals surface area contributed by atoms with E-state index in [0.29, 0.717) is 16.4 Å². The molecule has 3 aromatic carbocycles. The third kappa shape index (κ3) is 6.06. The van der Waals surface area contributed by atoms with E-state index >= 15 is 0 Å². The lowest BCUT2D eigenvalue weighted by atomic mass is 10.0. The molecule has 4 aromatic rings. The normalized spacial score (nSPS) is 10.2. The Hall–Kier alpha value is -4.48. The summed E-state index contributed by atoms with van der Waals surface area (Å²) in [6, 6.07) is 26.4. The number of anilines is 1. The largest absolute Gasteiger partial charge is 0.482 e. The van der Waals surface area contributed by atoms with Gasteiger partial charge >= 0.3 is 5.97 Å². The SMILES string of the molecule is N#Cc1ccc(OCC(=O)OCC(=O)Nc2nc(-c3ccc(-c4ccccc4)cc3)cs2)cc1. The summed E-state index contributed by atoms with van der Waals surface area (Å²) in [5, 5.41) is 13.7. The van der Waals surface area contributed by atoms with Gasteiger partial charge in [-0.2, -0.15) is 5.26 Å². The summed E-state index contributed by atoms with van der Waals surface area (Å²) >= 11 is 1.29. The molecule has 0 aliphatic heterocycles. The highest BCUT2D eigenvalue weighted by Gasteiger charge is 2.12. The van der Waals surface area contributed by atoms with Crippen molar-refractivity contribution in [2.24, 2.45) is 0 Å². The maximum Gasteiger partial charge on any atom is 0.344 e. The van der Waals surface area contributed by atoms with E-state index in [1.165, 1.54) is 11.3 Å². The predicted octanol–water partition coefficient (Wildman–Crippen LogP) is 4.91. The van der Waals surface area contributed by atoms with Gasteiger partial charge in [0.05, 0.1) is 17.3 Å². The maximum absolute atomic E-state index is 12.1.